The standard InChI is InChI=1S/C27H26N4O3/c1-2-17-7-6-10-20(15-17)26(33)31-23(18-8-4-3-5-9-18)24(32)27(34)30-21-11-12-22-19(16-21)13-14-29-25(22)28/h3-16,23-24,32H,2H2,1H3,(H2,28,29)(H,30,34)(H,31,33). The summed E-state index contributed by atoms with van der Waals surface area (Å²) in [7, 11) is 0. The molecule has 0 saturated carbocycles. The lowest BCUT2D eigenvalue weighted by Gasteiger charge is -2.24. The molecular formula is C27H26N4O3. The minimum absolute atomic E-state index is 0.371. The number of rotatable bonds is 7. The van der Waals surface area contributed by atoms with Gasteiger partial charge in [-0.1, -0.05) is 49.4 Å². The Labute approximate surface area is 197 Å². The Bertz CT molecular complexity index is 1320. The fraction of sp³-hybridized carbons (Fsp3) is 0.148. The second-order valence-electron chi connectivity index (χ2n) is 7.98. The topological polar surface area (TPSA) is 117 Å². The summed E-state index contributed by atoms with van der Waals surface area (Å²) in [6.45, 7) is 2.01. The molecule has 0 aliphatic rings. The van der Waals surface area contributed by atoms with Crippen molar-refractivity contribution in [1.82, 2.24) is 10.3 Å². The smallest absolute Gasteiger partial charge is 0.255 e. The first-order chi connectivity index (χ1) is 16.5. The molecule has 4 rings (SSSR count). The number of carbonyl (C=O) groups is 2. The second kappa shape index (κ2) is 10.1. The van der Waals surface area contributed by atoms with Crippen LogP contribution in [-0.2, 0) is 11.2 Å². The van der Waals surface area contributed by atoms with Gasteiger partial charge in [-0.05, 0) is 59.3 Å². The number of carbonyl (C=O) groups excluding carboxylic acids is 2. The maximum atomic E-state index is 13.0. The molecule has 0 spiro atoms. The summed E-state index contributed by atoms with van der Waals surface area (Å²) < 4.78 is 0. The van der Waals surface area contributed by atoms with E-state index in [1.807, 2.05) is 25.1 Å². The van der Waals surface area contributed by atoms with Gasteiger partial charge in [-0.15, -0.1) is 0 Å². The van der Waals surface area contributed by atoms with Gasteiger partial charge in [-0.2, -0.15) is 0 Å². The van der Waals surface area contributed by atoms with Gasteiger partial charge in [-0.3, -0.25) is 9.59 Å². The van der Waals surface area contributed by atoms with Gasteiger partial charge in [0.15, 0.2) is 6.10 Å². The van der Waals surface area contributed by atoms with Crippen LogP contribution in [0.1, 0.15) is 34.5 Å². The summed E-state index contributed by atoms with van der Waals surface area (Å²) in [5, 5.41) is 18.1. The second-order valence-corrected chi connectivity index (χ2v) is 7.98. The van der Waals surface area contributed by atoms with Crippen LogP contribution in [0.3, 0.4) is 0 Å². The Morgan fingerprint density at radius 1 is 1.00 bits per heavy atom. The Morgan fingerprint density at radius 3 is 2.56 bits per heavy atom. The van der Waals surface area contributed by atoms with Gasteiger partial charge >= 0.3 is 0 Å². The van der Waals surface area contributed by atoms with Crippen molar-refractivity contribution in [2.24, 2.45) is 0 Å². The molecule has 2 unspecified atom stereocenters. The van der Waals surface area contributed by atoms with Gasteiger partial charge in [0.25, 0.3) is 11.8 Å². The minimum Gasteiger partial charge on any atom is -0.383 e. The number of amides is 2. The number of nitrogens with one attached hydrogen (secondary N) is 2. The van der Waals surface area contributed by atoms with Crippen molar-refractivity contribution >= 4 is 34.1 Å². The normalized spacial score (nSPS) is 12.6. The van der Waals surface area contributed by atoms with Crippen LogP contribution < -0.4 is 16.4 Å². The van der Waals surface area contributed by atoms with Crippen LogP contribution in [0.2, 0.25) is 0 Å². The number of nitrogens with two attached hydrogens (primary N) is 1. The molecule has 1 heterocycles. The number of pyridine rings is 1. The van der Waals surface area contributed by atoms with Crippen molar-refractivity contribution in [1.29, 1.82) is 0 Å². The zero-order valence-corrected chi connectivity index (χ0v) is 18.7. The predicted molar refractivity (Wildman–Crippen MR) is 133 cm³/mol. The summed E-state index contributed by atoms with van der Waals surface area (Å²) in [4.78, 5) is 30.0. The Kier molecular flexibility index (Phi) is 6.85. The zero-order valence-electron chi connectivity index (χ0n) is 18.7. The van der Waals surface area contributed by atoms with Crippen molar-refractivity contribution < 1.29 is 14.7 Å². The van der Waals surface area contributed by atoms with Gasteiger partial charge in [0.2, 0.25) is 0 Å². The van der Waals surface area contributed by atoms with E-state index >= 15 is 0 Å². The van der Waals surface area contributed by atoms with Crippen LogP contribution in [0.5, 0.6) is 0 Å². The first kappa shape index (κ1) is 22.9. The Balaban J connectivity index is 1.57. The highest BCUT2D eigenvalue weighted by atomic mass is 16.3. The van der Waals surface area contributed by atoms with Crippen LogP contribution in [0.15, 0.2) is 85.1 Å². The molecule has 1 aromatic heterocycles. The lowest BCUT2D eigenvalue weighted by atomic mass is 9.99. The molecule has 7 nitrogen and oxygen atoms in total. The number of fused-ring (bicyclic) bond motifs is 1. The number of nitrogen functional groups attached to an aromatic ring is 1. The highest BCUT2D eigenvalue weighted by Gasteiger charge is 2.29. The van der Waals surface area contributed by atoms with Crippen LogP contribution in [0.25, 0.3) is 10.8 Å². The molecule has 7 heteroatoms. The van der Waals surface area contributed by atoms with Gasteiger partial charge in [-0.25, -0.2) is 4.98 Å². The maximum Gasteiger partial charge on any atom is 0.255 e. The van der Waals surface area contributed by atoms with E-state index in [2.05, 4.69) is 15.6 Å². The van der Waals surface area contributed by atoms with E-state index in [0.29, 0.717) is 22.6 Å². The maximum absolute atomic E-state index is 13.0. The van der Waals surface area contributed by atoms with E-state index < -0.39 is 18.1 Å². The number of anilines is 2. The first-order valence-corrected chi connectivity index (χ1v) is 11.0. The van der Waals surface area contributed by atoms with Crippen molar-refractivity contribution in [3.8, 4) is 0 Å². The van der Waals surface area contributed by atoms with Crippen LogP contribution in [-0.4, -0.2) is 28.0 Å². The Hall–Kier alpha value is -4.23. The molecule has 0 aliphatic heterocycles. The number of aliphatic hydroxyl groups excluding tert-OH is 1. The van der Waals surface area contributed by atoms with Crippen LogP contribution >= 0.6 is 0 Å². The number of benzene rings is 3. The monoisotopic (exact) mass is 454 g/mol. The highest BCUT2D eigenvalue weighted by Crippen LogP contribution is 2.24. The average Bonchev–Trinajstić information content (AvgIpc) is 2.87. The zero-order chi connectivity index (χ0) is 24.1. The quantitative estimate of drug-likeness (QED) is 0.338. The molecule has 4 aromatic rings. The molecule has 0 fully saturated rings. The number of aryl methyl sites for hydroxylation is 1. The fourth-order valence-corrected chi connectivity index (χ4v) is 3.81. The van der Waals surface area contributed by atoms with Crippen molar-refractivity contribution in [3.05, 3.63) is 102 Å². The summed E-state index contributed by atoms with van der Waals surface area (Å²) in [5.41, 5.74) is 8.49. The number of aliphatic hydroxyl groups is 1. The largest absolute Gasteiger partial charge is 0.383 e. The van der Waals surface area contributed by atoms with E-state index in [0.717, 1.165) is 22.8 Å². The third kappa shape index (κ3) is 5.05. The fourth-order valence-electron chi connectivity index (χ4n) is 3.81. The molecule has 0 saturated heterocycles. The molecule has 0 aliphatic carbocycles. The number of aromatic nitrogens is 1. The number of nitrogens with zero attached hydrogens (tertiary/aromatic N) is 1. The molecule has 5 N–H and O–H groups in total. The van der Waals surface area contributed by atoms with Crippen LogP contribution in [0, 0.1) is 0 Å². The van der Waals surface area contributed by atoms with E-state index in [1.54, 1.807) is 66.9 Å². The molecule has 2 amide bonds. The molecule has 172 valence electrons. The van der Waals surface area contributed by atoms with E-state index in [-0.39, 0.29) is 5.91 Å². The van der Waals surface area contributed by atoms with E-state index in [1.165, 1.54) is 0 Å². The lowest BCUT2D eigenvalue weighted by Crippen LogP contribution is -2.42. The third-order valence-electron chi connectivity index (χ3n) is 5.69. The van der Waals surface area contributed by atoms with Gasteiger partial charge in [0, 0.05) is 22.8 Å². The number of hydrogen-bond donors (Lipinski definition) is 4. The minimum atomic E-state index is -1.53. The number of hydrogen-bond acceptors (Lipinski definition) is 5. The summed E-state index contributed by atoms with van der Waals surface area (Å²) in [6.07, 6.45) is 0.855. The molecule has 2 atom stereocenters. The Morgan fingerprint density at radius 2 is 1.79 bits per heavy atom. The predicted octanol–water partition coefficient (Wildman–Crippen LogP) is 3.85. The van der Waals surface area contributed by atoms with Crippen LogP contribution in [0.4, 0.5) is 11.5 Å². The summed E-state index contributed by atoms with van der Waals surface area (Å²) >= 11 is 0. The van der Waals surface area contributed by atoms with Gasteiger partial charge < -0.3 is 21.5 Å². The summed E-state index contributed by atoms with van der Waals surface area (Å²) in [5.74, 6) is -0.614. The molecular weight excluding hydrogens is 428 g/mol. The SMILES string of the molecule is CCc1cccc(C(=O)NC(c2ccccc2)C(O)C(=O)Nc2ccc3c(N)nccc3c2)c1. The van der Waals surface area contributed by atoms with Gasteiger partial charge in [0.1, 0.15) is 5.82 Å². The first-order valence-electron chi connectivity index (χ1n) is 11.0. The third-order valence-corrected chi connectivity index (χ3v) is 5.69. The van der Waals surface area contributed by atoms with Crippen molar-refractivity contribution in [2.45, 2.75) is 25.5 Å². The van der Waals surface area contributed by atoms with Crippen molar-refractivity contribution in [3.63, 3.8) is 0 Å². The lowest BCUT2D eigenvalue weighted by molar-refractivity contribution is -0.125. The summed E-state index contributed by atoms with van der Waals surface area (Å²) in [6, 6.07) is 22.3. The van der Waals surface area contributed by atoms with E-state index in [9.17, 15) is 14.7 Å². The average molecular weight is 455 g/mol. The molecule has 0 radical (unpaired) electrons. The van der Waals surface area contributed by atoms with Crippen molar-refractivity contribution in [2.75, 3.05) is 11.1 Å². The van der Waals surface area contributed by atoms with E-state index in [4.69, 9.17) is 5.73 Å². The molecule has 3 aromatic carbocycles. The van der Waals surface area contributed by atoms with Gasteiger partial charge in [0.05, 0.1) is 6.04 Å². The molecule has 0 bridgehead atoms. The highest BCUT2D eigenvalue weighted by molar-refractivity contribution is 6.00. The molecule has 34 heavy (non-hydrogen) atoms.